The number of anilines is 1. The molecule has 0 aromatic heterocycles. The zero-order chi connectivity index (χ0) is 16.0. The Kier molecular flexibility index (Phi) is 6.29. The minimum absolute atomic E-state index is 0.129. The molecule has 0 radical (unpaired) electrons. The highest BCUT2D eigenvalue weighted by Gasteiger charge is 2.27. The fourth-order valence-electron chi connectivity index (χ4n) is 1.54. The highest BCUT2D eigenvalue weighted by atomic mass is 35.5. The zero-order valence-electron chi connectivity index (χ0n) is 11.6. The lowest BCUT2D eigenvalue weighted by Gasteiger charge is -2.16. The van der Waals surface area contributed by atoms with Gasteiger partial charge in [0.25, 0.3) is 5.91 Å². The molecule has 0 heterocycles. The molecule has 0 aliphatic heterocycles. The molecule has 1 N–H and O–H groups in total. The van der Waals surface area contributed by atoms with Crippen LogP contribution in [0.1, 0.15) is 10.4 Å². The number of ether oxygens (including phenoxy) is 1. The lowest BCUT2D eigenvalue weighted by atomic mass is 10.1. The molecule has 0 spiro atoms. The van der Waals surface area contributed by atoms with E-state index in [2.05, 4.69) is 10.1 Å². The molecular formula is C13H16ClF3N2O2. The van der Waals surface area contributed by atoms with Crippen molar-refractivity contribution in [3.05, 3.63) is 28.8 Å². The van der Waals surface area contributed by atoms with Gasteiger partial charge in [0, 0.05) is 31.4 Å². The fourth-order valence-corrected chi connectivity index (χ4v) is 1.71. The SMILES string of the molecule is CN(C)C(=O)c1ccc(Cl)cc1NCCOCC(F)(F)F. The molecule has 1 amide bonds. The highest BCUT2D eigenvalue weighted by Crippen LogP contribution is 2.22. The van der Waals surface area contributed by atoms with E-state index < -0.39 is 12.8 Å². The van der Waals surface area contributed by atoms with E-state index in [1.54, 1.807) is 32.3 Å². The van der Waals surface area contributed by atoms with Crippen molar-refractivity contribution in [2.45, 2.75) is 6.18 Å². The lowest BCUT2D eigenvalue weighted by molar-refractivity contribution is -0.172. The first-order valence-electron chi connectivity index (χ1n) is 6.10. The number of carbonyl (C=O) groups excluding carboxylic acids is 1. The summed E-state index contributed by atoms with van der Waals surface area (Å²) >= 11 is 5.86. The van der Waals surface area contributed by atoms with Crippen LogP contribution in [0.4, 0.5) is 18.9 Å². The Morgan fingerprint density at radius 2 is 2.05 bits per heavy atom. The first kappa shape index (κ1) is 17.6. The van der Waals surface area contributed by atoms with E-state index in [1.165, 1.54) is 4.90 Å². The molecule has 0 saturated heterocycles. The van der Waals surface area contributed by atoms with Crippen molar-refractivity contribution in [1.82, 2.24) is 4.90 Å². The Balaban J connectivity index is 2.61. The summed E-state index contributed by atoms with van der Waals surface area (Å²) in [6, 6.07) is 4.68. The molecule has 0 unspecified atom stereocenters. The number of hydrogen-bond acceptors (Lipinski definition) is 3. The van der Waals surface area contributed by atoms with Gasteiger partial charge in [-0.2, -0.15) is 13.2 Å². The van der Waals surface area contributed by atoms with Crippen LogP contribution in [0.5, 0.6) is 0 Å². The van der Waals surface area contributed by atoms with Crippen molar-refractivity contribution in [2.75, 3.05) is 39.2 Å². The van der Waals surface area contributed by atoms with E-state index in [0.717, 1.165) is 0 Å². The molecule has 1 aromatic carbocycles. The molecule has 21 heavy (non-hydrogen) atoms. The topological polar surface area (TPSA) is 41.6 Å². The first-order valence-corrected chi connectivity index (χ1v) is 6.48. The number of alkyl halides is 3. The monoisotopic (exact) mass is 324 g/mol. The third kappa shape index (κ3) is 6.22. The van der Waals surface area contributed by atoms with Gasteiger partial charge < -0.3 is 15.0 Å². The van der Waals surface area contributed by atoms with E-state index >= 15 is 0 Å². The van der Waals surface area contributed by atoms with Crippen LogP contribution in [-0.2, 0) is 4.74 Å². The molecule has 8 heteroatoms. The maximum atomic E-state index is 12.0. The average molecular weight is 325 g/mol. The molecule has 0 atom stereocenters. The number of nitrogens with zero attached hydrogens (tertiary/aromatic N) is 1. The summed E-state index contributed by atoms with van der Waals surface area (Å²) in [5.74, 6) is -0.231. The molecule has 1 rings (SSSR count). The van der Waals surface area contributed by atoms with Crippen LogP contribution in [0.15, 0.2) is 18.2 Å². The van der Waals surface area contributed by atoms with Crippen LogP contribution in [0.3, 0.4) is 0 Å². The summed E-state index contributed by atoms with van der Waals surface area (Å²) in [5.41, 5.74) is 0.844. The number of hydrogen-bond donors (Lipinski definition) is 1. The first-order chi connectivity index (χ1) is 9.70. The lowest BCUT2D eigenvalue weighted by Crippen LogP contribution is -2.24. The molecule has 4 nitrogen and oxygen atoms in total. The second-order valence-electron chi connectivity index (χ2n) is 4.48. The molecule has 1 aromatic rings. The minimum atomic E-state index is -4.35. The number of halogens is 4. The maximum absolute atomic E-state index is 12.0. The van der Waals surface area contributed by atoms with Gasteiger partial charge in [-0.15, -0.1) is 0 Å². The Morgan fingerprint density at radius 3 is 2.62 bits per heavy atom. The van der Waals surface area contributed by atoms with Gasteiger partial charge in [0.2, 0.25) is 0 Å². The van der Waals surface area contributed by atoms with Crippen LogP contribution in [-0.4, -0.2) is 50.8 Å². The van der Waals surface area contributed by atoms with Gasteiger partial charge in [-0.25, -0.2) is 0 Å². The van der Waals surface area contributed by atoms with Crippen molar-refractivity contribution >= 4 is 23.2 Å². The van der Waals surface area contributed by atoms with E-state index in [0.29, 0.717) is 16.3 Å². The van der Waals surface area contributed by atoms with Crippen molar-refractivity contribution in [3.63, 3.8) is 0 Å². The van der Waals surface area contributed by atoms with Crippen LogP contribution in [0, 0.1) is 0 Å². The maximum Gasteiger partial charge on any atom is 0.411 e. The van der Waals surface area contributed by atoms with Gasteiger partial charge in [-0.1, -0.05) is 11.6 Å². The largest absolute Gasteiger partial charge is 0.411 e. The molecule has 0 aliphatic rings. The summed E-state index contributed by atoms with van der Waals surface area (Å²) in [4.78, 5) is 13.4. The van der Waals surface area contributed by atoms with Crippen molar-refractivity contribution in [3.8, 4) is 0 Å². The van der Waals surface area contributed by atoms with E-state index in [1.807, 2.05) is 0 Å². The third-order valence-electron chi connectivity index (χ3n) is 2.45. The molecule has 0 bridgehead atoms. The van der Waals surface area contributed by atoms with Crippen molar-refractivity contribution in [2.24, 2.45) is 0 Å². The van der Waals surface area contributed by atoms with Crippen LogP contribution < -0.4 is 5.32 Å². The summed E-state index contributed by atoms with van der Waals surface area (Å²) in [5, 5.41) is 3.27. The summed E-state index contributed by atoms with van der Waals surface area (Å²) in [7, 11) is 3.21. The van der Waals surface area contributed by atoms with Gasteiger partial charge in [0.1, 0.15) is 6.61 Å². The van der Waals surface area contributed by atoms with Crippen LogP contribution in [0.2, 0.25) is 5.02 Å². The van der Waals surface area contributed by atoms with Crippen LogP contribution in [0.25, 0.3) is 0 Å². The normalized spacial score (nSPS) is 11.3. The zero-order valence-corrected chi connectivity index (χ0v) is 12.4. The van der Waals surface area contributed by atoms with Gasteiger partial charge in [-0.05, 0) is 18.2 Å². The highest BCUT2D eigenvalue weighted by molar-refractivity contribution is 6.31. The number of carbonyl (C=O) groups is 1. The van der Waals surface area contributed by atoms with Crippen molar-refractivity contribution < 1.29 is 22.7 Å². The molecule has 0 saturated carbocycles. The van der Waals surface area contributed by atoms with E-state index in [-0.39, 0.29) is 19.1 Å². The quantitative estimate of drug-likeness (QED) is 0.818. The number of benzene rings is 1. The van der Waals surface area contributed by atoms with E-state index in [9.17, 15) is 18.0 Å². The third-order valence-corrected chi connectivity index (χ3v) is 2.68. The standard InChI is InChI=1S/C13H16ClF3N2O2/c1-19(2)12(20)10-4-3-9(14)7-11(10)18-5-6-21-8-13(15,16)17/h3-4,7,18H,5-6,8H2,1-2H3. The molecule has 0 aliphatic carbocycles. The Hall–Kier alpha value is -1.47. The van der Waals surface area contributed by atoms with E-state index in [4.69, 9.17) is 11.6 Å². The van der Waals surface area contributed by atoms with Gasteiger partial charge in [0.15, 0.2) is 0 Å². The fraction of sp³-hybridized carbons (Fsp3) is 0.462. The van der Waals surface area contributed by atoms with Gasteiger partial charge in [-0.3, -0.25) is 4.79 Å². The minimum Gasteiger partial charge on any atom is -0.382 e. The summed E-state index contributed by atoms with van der Waals surface area (Å²) in [6.07, 6.45) is -4.35. The second-order valence-corrected chi connectivity index (χ2v) is 4.92. The Morgan fingerprint density at radius 1 is 1.38 bits per heavy atom. The summed E-state index contributed by atoms with van der Waals surface area (Å²) < 4.78 is 40.2. The second kappa shape index (κ2) is 7.51. The predicted molar refractivity (Wildman–Crippen MR) is 74.8 cm³/mol. The van der Waals surface area contributed by atoms with Crippen molar-refractivity contribution in [1.29, 1.82) is 0 Å². The number of nitrogens with one attached hydrogen (secondary N) is 1. The summed E-state index contributed by atoms with van der Waals surface area (Å²) in [6.45, 7) is -1.31. The van der Waals surface area contributed by atoms with Gasteiger partial charge >= 0.3 is 6.18 Å². The molecule has 118 valence electrons. The molecular weight excluding hydrogens is 309 g/mol. The van der Waals surface area contributed by atoms with Gasteiger partial charge in [0.05, 0.1) is 12.2 Å². The Labute approximate surface area is 125 Å². The smallest absolute Gasteiger partial charge is 0.382 e. The Bertz CT molecular complexity index is 493. The number of rotatable bonds is 6. The number of amides is 1. The molecule has 0 fully saturated rings. The average Bonchev–Trinajstić information content (AvgIpc) is 2.36. The van der Waals surface area contributed by atoms with Crippen LogP contribution >= 0.6 is 11.6 Å². The predicted octanol–water partition coefficient (Wildman–Crippen LogP) is 3.03.